The van der Waals surface area contributed by atoms with E-state index in [1.165, 1.54) is 30.5 Å². The molecule has 7 nitrogen and oxygen atoms in total. The third-order valence-corrected chi connectivity index (χ3v) is 3.70. The number of aliphatic hydroxyl groups is 1. The van der Waals surface area contributed by atoms with Crippen LogP contribution in [0.4, 0.5) is 0 Å². The highest BCUT2D eigenvalue weighted by molar-refractivity contribution is 6.52. The summed E-state index contributed by atoms with van der Waals surface area (Å²) in [4.78, 5) is 35.0. The van der Waals surface area contributed by atoms with Crippen molar-refractivity contribution in [1.82, 2.24) is 0 Å². The summed E-state index contributed by atoms with van der Waals surface area (Å²) in [6.07, 6.45) is 1.31. The Hall–Kier alpha value is -3.22. The summed E-state index contributed by atoms with van der Waals surface area (Å²) < 4.78 is 5.16. The zero-order chi connectivity index (χ0) is 16.6. The van der Waals surface area contributed by atoms with E-state index in [-0.39, 0.29) is 22.5 Å². The van der Waals surface area contributed by atoms with Crippen LogP contribution in [0.2, 0.25) is 0 Å². The van der Waals surface area contributed by atoms with E-state index < -0.39 is 34.7 Å². The summed E-state index contributed by atoms with van der Waals surface area (Å²) in [7, 11) is 0. The smallest absolute Gasteiger partial charge is 0.234 e. The molecule has 1 atom stereocenters. The molecule has 1 N–H and O–H groups in total. The highest BCUT2D eigenvalue weighted by Gasteiger charge is 2.40. The van der Waals surface area contributed by atoms with Gasteiger partial charge < -0.3 is 9.52 Å². The molecule has 0 spiro atoms. The van der Waals surface area contributed by atoms with E-state index in [9.17, 15) is 24.8 Å². The van der Waals surface area contributed by atoms with E-state index in [0.29, 0.717) is 0 Å². The minimum absolute atomic E-state index is 0.0815. The first kappa shape index (κ1) is 14.7. The van der Waals surface area contributed by atoms with Crippen LogP contribution in [-0.4, -0.2) is 28.1 Å². The molecule has 1 aliphatic rings. The molecule has 0 fully saturated rings. The molecule has 1 aliphatic carbocycles. The van der Waals surface area contributed by atoms with Crippen LogP contribution in [0.5, 0.6) is 0 Å². The maximum Gasteiger partial charge on any atom is 0.234 e. The predicted molar refractivity (Wildman–Crippen MR) is 78.6 cm³/mol. The average Bonchev–Trinajstić information content (AvgIpc) is 3.06. The van der Waals surface area contributed by atoms with Gasteiger partial charge in [0.2, 0.25) is 18.1 Å². The lowest BCUT2D eigenvalue weighted by atomic mass is 9.81. The quantitative estimate of drug-likeness (QED) is 0.527. The Morgan fingerprint density at radius 3 is 2.39 bits per heavy atom. The maximum atomic E-state index is 12.4. The van der Waals surface area contributed by atoms with Gasteiger partial charge in [-0.1, -0.05) is 24.3 Å². The molecule has 0 saturated heterocycles. The second-order valence-electron chi connectivity index (χ2n) is 5.05. The summed E-state index contributed by atoms with van der Waals surface area (Å²) in [5, 5.41) is 21.4. The fourth-order valence-electron chi connectivity index (χ4n) is 2.67. The number of nitrogens with zero attached hydrogens (tertiary/aromatic N) is 1. The third kappa shape index (κ3) is 2.42. The molecule has 0 bridgehead atoms. The first-order valence-corrected chi connectivity index (χ1v) is 6.77. The van der Waals surface area contributed by atoms with Crippen LogP contribution >= 0.6 is 0 Å². The normalized spacial score (nSPS) is 15.5. The number of nitro groups is 1. The third-order valence-electron chi connectivity index (χ3n) is 3.70. The Bertz CT molecular complexity index is 834. The average molecular weight is 313 g/mol. The molecule has 2 aromatic rings. The molecular formula is C16H11NO6. The molecule has 3 rings (SSSR count). The monoisotopic (exact) mass is 313 g/mol. The van der Waals surface area contributed by atoms with Gasteiger partial charge in [-0.05, 0) is 12.1 Å². The number of Topliss-reactive ketones (excluding diaryl/α,β-unsaturated/α-hetero) is 2. The molecule has 7 heteroatoms. The topological polar surface area (TPSA) is 111 Å². The standard InChI is InChI=1S/C16H11NO6/c18-14-9-4-1-2-5-10(9)15(19)16(20)13(14)11(8-17(21)22)12-6-3-7-23-12/h1-7,11,18H,8H2. The highest BCUT2D eigenvalue weighted by Crippen LogP contribution is 2.36. The largest absolute Gasteiger partial charge is 0.507 e. The Balaban J connectivity index is 2.21. The Labute approximate surface area is 130 Å². The number of hydrogen-bond acceptors (Lipinski definition) is 6. The van der Waals surface area contributed by atoms with E-state index >= 15 is 0 Å². The molecular weight excluding hydrogens is 302 g/mol. The lowest BCUT2D eigenvalue weighted by molar-refractivity contribution is -0.482. The van der Waals surface area contributed by atoms with Crippen LogP contribution in [0.25, 0.3) is 5.76 Å². The molecule has 23 heavy (non-hydrogen) atoms. The van der Waals surface area contributed by atoms with E-state index in [1.54, 1.807) is 12.1 Å². The number of fused-ring (bicyclic) bond motifs is 1. The van der Waals surface area contributed by atoms with Crippen molar-refractivity contribution in [1.29, 1.82) is 0 Å². The zero-order valence-electron chi connectivity index (χ0n) is 11.8. The van der Waals surface area contributed by atoms with E-state index in [4.69, 9.17) is 4.42 Å². The van der Waals surface area contributed by atoms with Gasteiger partial charge in [-0.15, -0.1) is 0 Å². The minimum atomic E-state index is -1.13. The van der Waals surface area contributed by atoms with Gasteiger partial charge in [0, 0.05) is 16.1 Å². The first-order chi connectivity index (χ1) is 11.0. The molecule has 0 aliphatic heterocycles. The maximum absolute atomic E-state index is 12.4. The fraction of sp³-hybridized carbons (Fsp3) is 0.125. The Morgan fingerprint density at radius 1 is 1.09 bits per heavy atom. The molecule has 116 valence electrons. The van der Waals surface area contributed by atoms with Crippen molar-refractivity contribution in [2.24, 2.45) is 0 Å². The molecule has 0 radical (unpaired) electrons. The number of aliphatic hydroxyl groups excluding tert-OH is 1. The number of hydrogen-bond donors (Lipinski definition) is 1. The van der Waals surface area contributed by atoms with Crippen molar-refractivity contribution in [2.45, 2.75) is 5.92 Å². The van der Waals surface area contributed by atoms with E-state index in [0.717, 1.165) is 0 Å². The summed E-state index contributed by atoms with van der Waals surface area (Å²) in [6, 6.07) is 9.07. The van der Waals surface area contributed by atoms with Crippen molar-refractivity contribution < 1.29 is 24.0 Å². The second kappa shape index (κ2) is 5.53. The molecule has 0 saturated carbocycles. The molecule has 1 heterocycles. The van der Waals surface area contributed by atoms with Crippen LogP contribution < -0.4 is 0 Å². The number of carbonyl (C=O) groups is 2. The zero-order valence-corrected chi connectivity index (χ0v) is 11.8. The number of furan rings is 1. The van der Waals surface area contributed by atoms with Crippen LogP contribution in [0.15, 0.2) is 52.7 Å². The molecule has 1 aromatic carbocycles. The molecule has 0 amide bonds. The van der Waals surface area contributed by atoms with Gasteiger partial charge in [-0.25, -0.2) is 0 Å². The number of ketones is 2. The summed E-state index contributed by atoms with van der Waals surface area (Å²) in [5.74, 6) is -3.17. The summed E-state index contributed by atoms with van der Waals surface area (Å²) >= 11 is 0. The van der Waals surface area contributed by atoms with Gasteiger partial charge in [0.25, 0.3) is 0 Å². The van der Waals surface area contributed by atoms with Gasteiger partial charge in [-0.3, -0.25) is 19.7 Å². The fourth-order valence-corrected chi connectivity index (χ4v) is 2.67. The SMILES string of the molecule is O=C1C(=O)c2ccccc2C(O)=C1C(C[N+](=O)[O-])c1ccco1. The summed E-state index contributed by atoms with van der Waals surface area (Å²) in [6.45, 7) is -0.673. The van der Waals surface area contributed by atoms with Gasteiger partial charge >= 0.3 is 0 Å². The van der Waals surface area contributed by atoms with Crippen molar-refractivity contribution in [3.8, 4) is 0 Å². The van der Waals surface area contributed by atoms with Crippen molar-refractivity contribution in [2.75, 3.05) is 6.54 Å². The van der Waals surface area contributed by atoms with Gasteiger partial charge in [0.05, 0.1) is 11.8 Å². The van der Waals surface area contributed by atoms with Crippen LogP contribution in [0.1, 0.15) is 27.6 Å². The molecule has 1 unspecified atom stereocenters. The van der Waals surface area contributed by atoms with Crippen LogP contribution in [0.3, 0.4) is 0 Å². The van der Waals surface area contributed by atoms with Gasteiger partial charge in [0.1, 0.15) is 17.4 Å². The highest BCUT2D eigenvalue weighted by atomic mass is 16.6. The Morgan fingerprint density at radius 2 is 1.78 bits per heavy atom. The van der Waals surface area contributed by atoms with Gasteiger partial charge in [0.15, 0.2) is 0 Å². The van der Waals surface area contributed by atoms with E-state index in [2.05, 4.69) is 0 Å². The molecule has 1 aromatic heterocycles. The summed E-state index contributed by atoms with van der Waals surface area (Å²) in [5.41, 5.74) is -0.0367. The second-order valence-corrected chi connectivity index (χ2v) is 5.05. The predicted octanol–water partition coefficient (Wildman–Crippen LogP) is 2.37. The van der Waals surface area contributed by atoms with E-state index in [1.807, 2.05) is 0 Å². The lowest BCUT2D eigenvalue weighted by Crippen LogP contribution is -2.29. The van der Waals surface area contributed by atoms with Crippen LogP contribution in [-0.2, 0) is 4.79 Å². The number of rotatable bonds is 4. The van der Waals surface area contributed by atoms with Gasteiger partial charge in [-0.2, -0.15) is 0 Å². The van der Waals surface area contributed by atoms with Crippen LogP contribution in [0, 0.1) is 10.1 Å². The van der Waals surface area contributed by atoms with Crippen molar-refractivity contribution in [3.05, 3.63) is 75.2 Å². The number of carbonyl (C=O) groups excluding carboxylic acids is 2. The minimum Gasteiger partial charge on any atom is -0.507 e. The number of benzene rings is 1. The Kier molecular flexibility index (Phi) is 3.53. The lowest BCUT2D eigenvalue weighted by Gasteiger charge is -2.21. The first-order valence-electron chi connectivity index (χ1n) is 6.77. The van der Waals surface area contributed by atoms with Crippen molar-refractivity contribution in [3.63, 3.8) is 0 Å². The van der Waals surface area contributed by atoms with Crippen molar-refractivity contribution >= 4 is 17.3 Å².